The number of amides is 1. The minimum atomic E-state index is -0.754. The molecule has 0 radical (unpaired) electrons. The van der Waals surface area contributed by atoms with E-state index in [-0.39, 0.29) is 17.4 Å². The summed E-state index contributed by atoms with van der Waals surface area (Å²) in [5, 5.41) is 2.56. The molecule has 6 heteroatoms. The van der Waals surface area contributed by atoms with Crippen LogP contribution in [-0.2, 0) is 11.3 Å². The quantitative estimate of drug-likeness (QED) is 0.706. The average Bonchev–Trinajstić information content (AvgIpc) is 3.22. The maximum atomic E-state index is 13.3. The Labute approximate surface area is 154 Å². The summed E-state index contributed by atoms with van der Waals surface area (Å²) in [6.45, 7) is 0.534. The third-order valence-electron chi connectivity index (χ3n) is 4.73. The number of nitrogens with one attached hydrogen (secondary N) is 1. The van der Waals surface area contributed by atoms with Crippen molar-refractivity contribution in [2.75, 3.05) is 5.32 Å². The van der Waals surface area contributed by atoms with Crippen molar-refractivity contribution in [1.29, 1.82) is 0 Å². The van der Waals surface area contributed by atoms with E-state index < -0.39 is 17.6 Å². The van der Waals surface area contributed by atoms with Crippen LogP contribution in [0.25, 0.3) is 0 Å². The van der Waals surface area contributed by atoms with Gasteiger partial charge in [0, 0.05) is 29.6 Å². The summed E-state index contributed by atoms with van der Waals surface area (Å²) in [5.41, 5.74) is 1.91. The van der Waals surface area contributed by atoms with Crippen molar-refractivity contribution in [3.05, 3.63) is 89.2 Å². The lowest BCUT2D eigenvalue weighted by Crippen LogP contribution is -2.19. The van der Waals surface area contributed by atoms with E-state index in [1.807, 2.05) is 10.6 Å². The molecule has 0 bridgehead atoms. The fourth-order valence-corrected chi connectivity index (χ4v) is 3.50. The predicted molar refractivity (Wildman–Crippen MR) is 96.7 cm³/mol. The van der Waals surface area contributed by atoms with Crippen molar-refractivity contribution in [2.45, 2.75) is 18.9 Å². The second kappa shape index (κ2) is 6.79. The molecule has 0 fully saturated rings. The molecule has 0 saturated carbocycles. The fourth-order valence-electron chi connectivity index (χ4n) is 3.50. The Bertz CT molecular complexity index is 1010. The lowest BCUT2D eigenvalue weighted by Gasteiger charge is -2.11. The van der Waals surface area contributed by atoms with E-state index in [1.165, 1.54) is 0 Å². The van der Waals surface area contributed by atoms with E-state index in [0.717, 1.165) is 23.9 Å². The number of fused-ring (bicyclic) bond motifs is 1. The van der Waals surface area contributed by atoms with Gasteiger partial charge in [0.1, 0.15) is 11.6 Å². The molecule has 1 amide bonds. The van der Waals surface area contributed by atoms with Crippen molar-refractivity contribution in [2.24, 2.45) is 0 Å². The van der Waals surface area contributed by atoms with Crippen LogP contribution in [0.3, 0.4) is 0 Å². The van der Waals surface area contributed by atoms with E-state index in [4.69, 9.17) is 0 Å². The molecule has 27 heavy (non-hydrogen) atoms. The van der Waals surface area contributed by atoms with Gasteiger partial charge in [-0.2, -0.15) is 0 Å². The Balaban J connectivity index is 1.56. The highest BCUT2D eigenvalue weighted by Crippen LogP contribution is 2.32. The van der Waals surface area contributed by atoms with Crippen LogP contribution in [0.4, 0.5) is 14.5 Å². The van der Waals surface area contributed by atoms with Crippen LogP contribution in [0.5, 0.6) is 0 Å². The largest absolute Gasteiger partial charge is 0.341 e. The highest BCUT2D eigenvalue weighted by molar-refractivity contribution is 6.08. The van der Waals surface area contributed by atoms with Gasteiger partial charge in [0.15, 0.2) is 0 Å². The van der Waals surface area contributed by atoms with Crippen LogP contribution in [0, 0.1) is 11.6 Å². The molecule has 1 aliphatic rings. The van der Waals surface area contributed by atoms with Gasteiger partial charge in [0.05, 0.1) is 11.6 Å². The van der Waals surface area contributed by atoms with Crippen LogP contribution in [0.15, 0.2) is 60.7 Å². The number of carbonyl (C=O) groups is 2. The molecule has 4 nitrogen and oxygen atoms in total. The monoisotopic (exact) mass is 366 g/mol. The SMILES string of the molecule is O=C(c1ccccc1)c1ccc2n1CCC2C(=O)Nc1cc(F)cc(F)c1. The summed E-state index contributed by atoms with van der Waals surface area (Å²) in [4.78, 5) is 25.3. The van der Waals surface area contributed by atoms with Crippen LogP contribution >= 0.6 is 0 Å². The zero-order valence-corrected chi connectivity index (χ0v) is 14.3. The highest BCUT2D eigenvalue weighted by atomic mass is 19.1. The number of carbonyl (C=O) groups excluding carboxylic acids is 2. The van der Waals surface area contributed by atoms with Gasteiger partial charge in [-0.3, -0.25) is 9.59 Å². The number of hydrogen-bond acceptors (Lipinski definition) is 2. The first-order valence-corrected chi connectivity index (χ1v) is 8.59. The fraction of sp³-hybridized carbons (Fsp3) is 0.143. The number of aromatic nitrogens is 1. The molecule has 2 heterocycles. The molecule has 4 rings (SSSR count). The van der Waals surface area contributed by atoms with Crippen molar-refractivity contribution >= 4 is 17.4 Å². The normalized spacial score (nSPS) is 15.4. The lowest BCUT2D eigenvalue weighted by molar-refractivity contribution is -0.117. The molecular weight excluding hydrogens is 350 g/mol. The smallest absolute Gasteiger partial charge is 0.233 e. The van der Waals surface area contributed by atoms with Gasteiger partial charge in [-0.15, -0.1) is 0 Å². The topological polar surface area (TPSA) is 51.1 Å². The predicted octanol–water partition coefficient (Wildman–Crippen LogP) is 4.12. The second-order valence-electron chi connectivity index (χ2n) is 6.48. The van der Waals surface area contributed by atoms with Crippen LogP contribution in [0.1, 0.15) is 34.1 Å². The summed E-state index contributed by atoms with van der Waals surface area (Å²) in [5.74, 6) is -2.44. The van der Waals surface area contributed by atoms with Crippen molar-refractivity contribution in [3.8, 4) is 0 Å². The molecule has 1 unspecified atom stereocenters. The molecule has 3 aromatic rings. The molecule has 1 aliphatic heterocycles. The summed E-state index contributed by atoms with van der Waals surface area (Å²) in [7, 11) is 0. The molecule has 0 saturated heterocycles. The number of hydrogen-bond donors (Lipinski definition) is 1. The maximum Gasteiger partial charge on any atom is 0.233 e. The molecule has 0 spiro atoms. The van der Waals surface area contributed by atoms with Gasteiger partial charge >= 0.3 is 0 Å². The number of nitrogens with zero attached hydrogens (tertiary/aromatic N) is 1. The Kier molecular flexibility index (Phi) is 4.32. The van der Waals surface area contributed by atoms with E-state index in [0.29, 0.717) is 24.2 Å². The summed E-state index contributed by atoms with van der Waals surface area (Å²) >= 11 is 0. The minimum absolute atomic E-state index is 0.0723. The van der Waals surface area contributed by atoms with Gasteiger partial charge in [-0.1, -0.05) is 30.3 Å². The van der Waals surface area contributed by atoms with Crippen molar-refractivity contribution in [1.82, 2.24) is 4.57 Å². The zero-order chi connectivity index (χ0) is 19.0. The minimum Gasteiger partial charge on any atom is -0.341 e. The van der Waals surface area contributed by atoms with E-state index in [9.17, 15) is 18.4 Å². The van der Waals surface area contributed by atoms with Gasteiger partial charge < -0.3 is 9.88 Å². The van der Waals surface area contributed by atoms with Crippen LogP contribution in [0.2, 0.25) is 0 Å². The van der Waals surface area contributed by atoms with E-state index in [1.54, 1.807) is 36.4 Å². The first-order valence-electron chi connectivity index (χ1n) is 8.59. The summed E-state index contributed by atoms with van der Waals surface area (Å²) in [6, 6.07) is 15.3. The van der Waals surface area contributed by atoms with Crippen LogP contribution in [-0.4, -0.2) is 16.3 Å². The van der Waals surface area contributed by atoms with Crippen molar-refractivity contribution in [3.63, 3.8) is 0 Å². The molecular formula is C21H16F2N2O2. The number of halogens is 2. The Morgan fingerprint density at radius 2 is 1.67 bits per heavy atom. The van der Waals surface area contributed by atoms with Gasteiger partial charge in [0.2, 0.25) is 11.7 Å². The highest BCUT2D eigenvalue weighted by Gasteiger charge is 2.32. The lowest BCUT2D eigenvalue weighted by atomic mass is 10.0. The van der Waals surface area contributed by atoms with Gasteiger partial charge in [-0.05, 0) is 30.7 Å². The molecule has 1 N–H and O–H groups in total. The van der Waals surface area contributed by atoms with E-state index in [2.05, 4.69) is 5.32 Å². The van der Waals surface area contributed by atoms with Gasteiger partial charge in [-0.25, -0.2) is 8.78 Å². The maximum absolute atomic E-state index is 13.3. The number of rotatable bonds is 4. The zero-order valence-electron chi connectivity index (χ0n) is 14.3. The van der Waals surface area contributed by atoms with Gasteiger partial charge in [0.25, 0.3) is 0 Å². The van der Waals surface area contributed by atoms with E-state index >= 15 is 0 Å². The first-order chi connectivity index (χ1) is 13.0. The molecule has 2 aromatic carbocycles. The Hall–Kier alpha value is -3.28. The third-order valence-corrected chi connectivity index (χ3v) is 4.73. The summed E-state index contributed by atoms with van der Waals surface area (Å²) < 4.78 is 28.5. The third kappa shape index (κ3) is 3.26. The molecule has 1 aromatic heterocycles. The Morgan fingerprint density at radius 1 is 0.963 bits per heavy atom. The number of anilines is 1. The second-order valence-corrected chi connectivity index (χ2v) is 6.48. The molecule has 1 atom stereocenters. The summed E-state index contributed by atoms with van der Waals surface area (Å²) in [6.07, 6.45) is 0.523. The first kappa shape index (κ1) is 17.1. The van der Waals surface area contributed by atoms with Crippen molar-refractivity contribution < 1.29 is 18.4 Å². The Morgan fingerprint density at radius 3 is 2.37 bits per heavy atom. The average molecular weight is 366 g/mol. The molecule has 0 aliphatic carbocycles. The number of benzene rings is 2. The standard InChI is InChI=1S/C21H16F2N2O2/c22-14-10-15(23)12-16(11-14)24-21(27)17-8-9-25-18(17)6-7-19(25)20(26)13-4-2-1-3-5-13/h1-7,10-12,17H,8-9H2,(H,24,27). The number of ketones is 1. The van der Waals surface area contributed by atoms with Crippen LogP contribution < -0.4 is 5.32 Å². The molecule has 136 valence electrons.